The number of piperidine rings is 1. The van der Waals surface area contributed by atoms with Crippen LogP contribution in [0, 0.1) is 6.92 Å². The number of rotatable bonds is 3. The van der Waals surface area contributed by atoms with Gasteiger partial charge >= 0.3 is 0 Å². The number of sulfone groups is 1. The highest BCUT2D eigenvalue weighted by atomic mass is 32.2. The van der Waals surface area contributed by atoms with Crippen molar-refractivity contribution in [2.24, 2.45) is 0 Å². The van der Waals surface area contributed by atoms with E-state index in [2.05, 4.69) is 4.98 Å². The summed E-state index contributed by atoms with van der Waals surface area (Å²) < 4.78 is 23.7. The Morgan fingerprint density at radius 2 is 1.88 bits per heavy atom. The van der Waals surface area contributed by atoms with Crippen LogP contribution in [0.25, 0.3) is 0 Å². The standard InChI is InChI=1S/C19H22N2O3S/c1-14-6-7-16(13-18(14)25(2,23)24)19(22)21-11-8-15(9-12-21)17-5-3-4-10-20-17/h3-7,10,13,15H,8-9,11-12H2,1-2H3. The van der Waals surface area contributed by atoms with Gasteiger partial charge in [0, 0.05) is 42.7 Å². The Morgan fingerprint density at radius 3 is 2.48 bits per heavy atom. The third-order valence-electron chi connectivity index (χ3n) is 4.72. The van der Waals surface area contributed by atoms with Crippen LogP contribution in [0.3, 0.4) is 0 Å². The van der Waals surface area contributed by atoms with Crippen molar-refractivity contribution in [2.45, 2.75) is 30.6 Å². The Kier molecular flexibility index (Phi) is 4.90. The molecule has 1 fully saturated rings. The van der Waals surface area contributed by atoms with E-state index >= 15 is 0 Å². The van der Waals surface area contributed by atoms with E-state index in [1.165, 1.54) is 12.3 Å². The molecule has 0 saturated carbocycles. The molecule has 0 spiro atoms. The van der Waals surface area contributed by atoms with Crippen molar-refractivity contribution < 1.29 is 13.2 Å². The molecule has 0 atom stereocenters. The minimum Gasteiger partial charge on any atom is -0.339 e. The zero-order valence-corrected chi connectivity index (χ0v) is 15.3. The fraction of sp³-hybridized carbons (Fsp3) is 0.368. The van der Waals surface area contributed by atoms with Gasteiger partial charge in [-0.05, 0) is 49.6 Å². The summed E-state index contributed by atoms with van der Waals surface area (Å²) in [6.45, 7) is 3.05. The molecule has 3 rings (SSSR count). The van der Waals surface area contributed by atoms with Gasteiger partial charge in [-0.2, -0.15) is 0 Å². The first kappa shape index (κ1) is 17.6. The van der Waals surface area contributed by atoms with Crippen molar-refractivity contribution in [3.05, 3.63) is 59.4 Å². The number of aromatic nitrogens is 1. The molecule has 0 radical (unpaired) electrons. The van der Waals surface area contributed by atoms with Crippen molar-refractivity contribution in [1.82, 2.24) is 9.88 Å². The Bertz CT molecular complexity index is 871. The van der Waals surface area contributed by atoms with Crippen molar-refractivity contribution in [2.75, 3.05) is 19.3 Å². The molecule has 1 aromatic carbocycles. The highest BCUT2D eigenvalue weighted by molar-refractivity contribution is 7.90. The van der Waals surface area contributed by atoms with Crippen molar-refractivity contribution in [3.8, 4) is 0 Å². The molecule has 6 heteroatoms. The number of hydrogen-bond acceptors (Lipinski definition) is 4. The van der Waals surface area contributed by atoms with Crippen LogP contribution in [-0.2, 0) is 9.84 Å². The lowest BCUT2D eigenvalue weighted by Crippen LogP contribution is -2.38. The second-order valence-electron chi connectivity index (χ2n) is 6.57. The third-order valence-corrected chi connectivity index (χ3v) is 5.96. The van der Waals surface area contributed by atoms with Gasteiger partial charge in [-0.1, -0.05) is 12.1 Å². The SMILES string of the molecule is Cc1ccc(C(=O)N2CCC(c3ccccn3)CC2)cc1S(C)(=O)=O. The van der Waals surface area contributed by atoms with E-state index in [1.807, 2.05) is 18.2 Å². The maximum absolute atomic E-state index is 12.7. The molecule has 0 unspecified atom stereocenters. The molecule has 2 aromatic rings. The number of carbonyl (C=O) groups excluding carboxylic acids is 1. The highest BCUT2D eigenvalue weighted by Gasteiger charge is 2.26. The summed E-state index contributed by atoms with van der Waals surface area (Å²) in [6.07, 6.45) is 4.70. The fourth-order valence-electron chi connectivity index (χ4n) is 3.31. The van der Waals surface area contributed by atoms with Gasteiger partial charge in [0.2, 0.25) is 0 Å². The van der Waals surface area contributed by atoms with Gasteiger partial charge in [-0.15, -0.1) is 0 Å². The first-order chi connectivity index (χ1) is 11.9. The first-order valence-electron chi connectivity index (χ1n) is 8.37. The summed E-state index contributed by atoms with van der Waals surface area (Å²) in [6, 6.07) is 10.8. The zero-order valence-electron chi connectivity index (χ0n) is 14.5. The largest absolute Gasteiger partial charge is 0.339 e. The van der Waals surface area contributed by atoms with Crippen LogP contribution in [0.2, 0.25) is 0 Å². The molecule has 2 heterocycles. The van der Waals surface area contributed by atoms with E-state index in [-0.39, 0.29) is 10.8 Å². The summed E-state index contributed by atoms with van der Waals surface area (Å²) >= 11 is 0. The van der Waals surface area contributed by atoms with E-state index in [4.69, 9.17) is 0 Å². The van der Waals surface area contributed by atoms with Crippen molar-refractivity contribution in [1.29, 1.82) is 0 Å². The van der Waals surface area contributed by atoms with Gasteiger partial charge in [0.25, 0.3) is 5.91 Å². The van der Waals surface area contributed by atoms with Crippen LogP contribution in [-0.4, -0.2) is 43.6 Å². The molecular weight excluding hydrogens is 336 g/mol. The highest BCUT2D eigenvalue weighted by Crippen LogP contribution is 2.27. The predicted octanol–water partition coefficient (Wildman–Crippen LogP) is 2.81. The Balaban J connectivity index is 1.73. The summed E-state index contributed by atoms with van der Waals surface area (Å²) in [7, 11) is -3.34. The van der Waals surface area contributed by atoms with Gasteiger partial charge in [0.1, 0.15) is 0 Å². The number of aryl methyl sites for hydroxylation is 1. The van der Waals surface area contributed by atoms with Crippen LogP contribution in [0.15, 0.2) is 47.5 Å². The lowest BCUT2D eigenvalue weighted by atomic mass is 9.92. The van der Waals surface area contributed by atoms with Gasteiger partial charge in [0.05, 0.1) is 4.90 Å². The average Bonchev–Trinajstić information content (AvgIpc) is 2.61. The molecule has 25 heavy (non-hydrogen) atoms. The van der Waals surface area contributed by atoms with Crippen LogP contribution in [0.5, 0.6) is 0 Å². The number of hydrogen-bond donors (Lipinski definition) is 0. The van der Waals surface area contributed by atoms with Crippen molar-refractivity contribution in [3.63, 3.8) is 0 Å². The molecule has 0 bridgehead atoms. The molecule has 132 valence electrons. The summed E-state index contributed by atoms with van der Waals surface area (Å²) in [5.41, 5.74) is 2.17. The van der Waals surface area contributed by atoms with E-state index in [0.717, 1.165) is 18.5 Å². The van der Waals surface area contributed by atoms with Gasteiger partial charge in [-0.3, -0.25) is 9.78 Å². The Hall–Kier alpha value is -2.21. The topological polar surface area (TPSA) is 67.3 Å². The molecule has 5 nitrogen and oxygen atoms in total. The van der Waals surface area contributed by atoms with Crippen LogP contribution in [0.4, 0.5) is 0 Å². The van der Waals surface area contributed by atoms with Crippen molar-refractivity contribution >= 4 is 15.7 Å². The Morgan fingerprint density at radius 1 is 1.16 bits per heavy atom. The lowest BCUT2D eigenvalue weighted by Gasteiger charge is -2.32. The molecule has 1 saturated heterocycles. The fourth-order valence-corrected chi connectivity index (χ4v) is 4.30. The second-order valence-corrected chi connectivity index (χ2v) is 8.56. The Labute approximate surface area is 148 Å². The number of amides is 1. The number of carbonyl (C=O) groups is 1. The molecule has 1 aliphatic heterocycles. The molecule has 1 amide bonds. The molecule has 0 aliphatic carbocycles. The zero-order chi connectivity index (χ0) is 18.0. The summed E-state index contributed by atoms with van der Waals surface area (Å²) in [5.74, 6) is 0.263. The normalized spacial score (nSPS) is 16.0. The second kappa shape index (κ2) is 6.96. The number of benzene rings is 1. The average molecular weight is 358 g/mol. The quantitative estimate of drug-likeness (QED) is 0.846. The molecule has 1 aliphatic rings. The number of likely N-dealkylation sites (tertiary alicyclic amines) is 1. The lowest BCUT2D eigenvalue weighted by molar-refractivity contribution is 0.0712. The van der Waals surface area contributed by atoms with E-state index < -0.39 is 9.84 Å². The predicted molar refractivity (Wildman–Crippen MR) is 96.4 cm³/mol. The minimum atomic E-state index is -3.34. The van der Waals surface area contributed by atoms with Gasteiger partial charge in [-0.25, -0.2) is 8.42 Å². The minimum absolute atomic E-state index is 0.107. The van der Waals surface area contributed by atoms with Crippen LogP contribution in [0.1, 0.15) is 40.4 Å². The van der Waals surface area contributed by atoms with E-state index in [9.17, 15) is 13.2 Å². The number of pyridine rings is 1. The molecular formula is C19H22N2O3S. The van der Waals surface area contributed by atoms with Gasteiger partial charge < -0.3 is 4.90 Å². The molecule has 0 N–H and O–H groups in total. The summed E-state index contributed by atoms with van der Waals surface area (Å²) in [4.78, 5) is 19.2. The maximum atomic E-state index is 12.7. The van der Waals surface area contributed by atoms with Crippen LogP contribution >= 0.6 is 0 Å². The maximum Gasteiger partial charge on any atom is 0.253 e. The van der Waals surface area contributed by atoms with E-state index in [1.54, 1.807) is 30.2 Å². The monoisotopic (exact) mass is 358 g/mol. The summed E-state index contributed by atoms with van der Waals surface area (Å²) in [5, 5.41) is 0. The smallest absolute Gasteiger partial charge is 0.253 e. The third kappa shape index (κ3) is 3.90. The van der Waals surface area contributed by atoms with Crippen LogP contribution < -0.4 is 0 Å². The number of nitrogens with zero attached hydrogens (tertiary/aromatic N) is 2. The first-order valence-corrected chi connectivity index (χ1v) is 10.3. The molecule has 1 aromatic heterocycles. The van der Waals surface area contributed by atoms with Gasteiger partial charge in [0.15, 0.2) is 9.84 Å². The van der Waals surface area contributed by atoms with E-state index in [0.29, 0.717) is 30.1 Å².